The lowest BCUT2D eigenvalue weighted by Gasteiger charge is -2.40. The van der Waals surface area contributed by atoms with E-state index >= 15 is 0 Å². The summed E-state index contributed by atoms with van der Waals surface area (Å²) in [7, 11) is 0. The number of halogens is 1. The Hall–Kier alpha value is -2.62. The second kappa shape index (κ2) is 9.25. The quantitative estimate of drug-likeness (QED) is 0.608. The fourth-order valence-corrected chi connectivity index (χ4v) is 4.13. The van der Waals surface area contributed by atoms with Crippen LogP contribution < -0.4 is 0 Å². The normalized spacial score (nSPS) is 15.8. The summed E-state index contributed by atoms with van der Waals surface area (Å²) in [6.07, 6.45) is 0.472. The van der Waals surface area contributed by atoms with E-state index in [9.17, 15) is 4.79 Å². The molecule has 0 bridgehead atoms. The SMILES string of the molecule is O=C(Cc1ccccc1)N1CCN([C@H](c2ccccc2)c2ccc(Cl)cc2)CC1. The largest absolute Gasteiger partial charge is 0.340 e. The van der Waals surface area contributed by atoms with E-state index in [2.05, 4.69) is 41.3 Å². The molecule has 0 unspecified atom stereocenters. The molecule has 29 heavy (non-hydrogen) atoms. The summed E-state index contributed by atoms with van der Waals surface area (Å²) in [5.74, 6) is 0.207. The maximum Gasteiger partial charge on any atom is 0.227 e. The summed E-state index contributed by atoms with van der Waals surface area (Å²) < 4.78 is 0. The molecule has 0 aliphatic carbocycles. The van der Waals surface area contributed by atoms with Gasteiger partial charge in [0.2, 0.25) is 5.91 Å². The summed E-state index contributed by atoms with van der Waals surface area (Å²) in [6, 6.07) is 28.8. The third-order valence-electron chi connectivity index (χ3n) is 5.53. The molecule has 0 saturated carbocycles. The lowest BCUT2D eigenvalue weighted by Crippen LogP contribution is -2.50. The Morgan fingerprint density at radius 2 is 1.31 bits per heavy atom. The van der Waals surface area contributed by atoms with Crippen molar-refractivity contribution >= 4 is 17.5 Å². The Bertz CT molecular complexity index is 920. The maximum atomic E-state index is 12.7. The average Bonchev–Trinajstić information content (AvgIpc) is 2.77. The molecular weight excluding hydrogens is 380 g/mol. The van der Waals surface area contributed by atoms with Crippen LogP contribution in [0.1, 0.15) is 22.7 Å². The number of hydrogen-bond acceptors (Lipinski definition) is 2. The molecule has 0 radical (unpaired) electrons. The van der Waals surface area contributed by atoms with Crippen molar-refractivity contribution < 1.29 is 4.79 Å². The van der Waals surface area contributed by atoms with Crippen LogP contribution in [0.5, 0.6) is 0 Å². The predicted molar refractivity (Wildman–Crippen MR) is 118 cm³/mol. The van der Waals surface area contributed by atoms with E-state index in [0.717, 1.165) is 36.8 Å². The molecule has 1 amide bonds. The van der Waals surface area contributed by atoms with Gasteiger partial charge in [-0.2, -0.15) is 0 Å². The van der Waals surface area contributed by atoms with Crippen molar-refractivity contribution in [2.24, 2.45) is 0 Å². The first-order chi connectivity index (χ1) is 14.2. The van der Waals surface area contributed by atoms with Gasteiger partial charge in [-0.05, 0) is 28.8 Å². The molecule has 3 aromatic rings. The molecule has 0 spiro atoms. The zero-order chi connectivity index (χ0) is 20.1. The highest BCUT2D eigenvalue weighted by atomic mass is 35.5. The van der Waals surface area contributed by atoms with Crippen molar-refractivity contribution in [2.75, 3.05) is 26.2 Å². The van der Waals surface area contributed by atoms with Gasteiger partial charge in [0.15, 0.2) is 0 Å². The van der Waals surface area contributed by atoms with Crippen LogP contribution in [0.15, 0.2) is 84.9 Å². The lowest BCUT2D eigenvalue weighted by atomic mass is 9.96. The van der Waals surface area contributed by atoms with Gasteiger partial charge >= 0.3 is 0 Å². The van der Waals surface area contributed by atoms with Crippen molar-refractivity contribution in [1.29, 1.82) is 0 Å². The van der Waals surface area contributed by atoms with Crippen LogP contribution in [-0.2, 0) is 11.2 Å². The molecule has 4 rings (SSSR count). The minimum absolute atomic E-state index is 0.167. The third kappa shape index (κ3) is 4.87. The zero-order valence-electron chi connectivity index (χ0n) is 16.4. The molecule has 1 aliphatic rings. The monoisotopic (exact) mass is 404 g/mol. The highest BCUT2D eigenvalue weighted by Crippen LogP contribution is 2.30. The van der Waals surface area contributed by atoms with Gasteiger partial charge in [-0.25, -0.2) is 0 Å². The van der Waals surface area contributed by atoms with Crippen LogP contribution in [0.4, 0.5) is 0 Å². The molecule has 1 saturated heterocycles. The Morgan fingerprint density at radius 1 is 0.759 bits per heavy atom. The third-order valence-corrected chi connectivity index (χ3v) is 5.78. The van der Waals surface area contributed by atoms with Gasteiger partial charge in [0.05, 0.1) is 12.5 Å². The standard InChI is InChI=1S/C25H25ClN2O/c26-23-13-11-22(12-14-23)25(21-9-5-2-6-10-21)28-17-15-27(16-18-28)24(29)19-20-7-3-1-4-8-20/h1-14,25H,15-19H2/t25-/m1/s1. The zero-order valence-corrected chi connectivity index (χ0v) is 17.1. The van der Waals surface area contributed by atoms with Gasteiger partial charge in [0.1, 0.15) is 0 Å². The highest BCUT2D eigenvalue weighted by molar-refractivity contribution is 6.30. The van der Waals surface area contributed by atoms with Crippen LogP contribution in [0.3, 0.4) is 0 Å². The second-order valence-corrected chi connectivity index (χ2v) is 7.88. The van der Waals surface area contributed by atoms with Crippen LogP contribution in [0.2, 0.25) is 5.02 Å². The van der Waals surface area contributed by atoms with E-state index < -0.39 is 0 Å². The summed E-state index contributed by atoms with van der Waals surface area (Å²) in [4.78, 5) is 17.2. The predicted octanol–water partition coefficient (Wildman–Crippen LogP) is 4.82. The van der Waals surface area contributed by atoms with E-state index in [1.807, 2.05) is 53.4 Å². The fraction of sp³-hybridized carbons (Fsp3) is 0.240. The molecular formula is C25H25ClN2O. The van der Waals surface area contributed by atoms with Gasteiger partial charge in [-0.1, -0.05) is 84.4 Å². The first-order valence-corrected chi connectivity index (χ1v) is 10.4. The summed E-state index contributed by atoms with van der Waals surface area (Å²) >= 11 is 6.11. The number of rotatable bonds is 5. The number of nitrogens with zero attached hydrogens (tertiary/aromatic N) is 2. The maximum absolute atomic E-state index is 12.7. The summed E-state index contributed by atoms with van der Waals surface area (Å²) in [5.41, 5.74) is 3.56. The molecule has 3 nitrogen and oxygen atoms in total. The summed E-state index contributed by atoms with van der Waals surface area (Å²) in [5, 5.41) is 0.747. The van der Waals surface area contributed by atoms with Gasteiger partial charge in [0, 0.05) is 31.2 Å². The number of carbonyl (C=O) groups excluding carboxylic acids is 1. The topological polar surface area (TPSA) is 23.6 Å². The van der Waals surface area contributed by atoms with E-state index in [1.54, 1.807) is 0 Å². The Labute approximate surface area is 177 Å². The smallest absolute Gasteiger partial charge is 0.227 e. The number of carbonyl (C=O) groups is 1. The Balaban J connectivity index is 1.47. The fourth-order valence-electron chi connectivity index (χ4n) is 4.01. The minimum atomic E-state index is 0.167. The molecule has 0 aromatic heterocycles. The molecule has 3 aromatic carbocycles. The molecule has 1 atom stereocenters. The van der Waals surface area contributed by atoms with Gasteiger partial charge in [-0.15, -0.1) is 0 Å². The van der Waals surface area contributed by atoms with E-state index in [4.69, 9.17) is 11.6 Å². The van der Waals surface area contributed by atoms with Crippen LogP contribution >= 0.6 is 11.6 Å². The molecule has 1 aliphatic heterocycles. The molecule has 4 heteroatoms. The van der Waals surface area contributed by atoms with Crippen molar-refractivity contribution in [3.05, 3.63) is 107 Å². The van der Waals surface area contributed by atoms with E-state index in [-0.39, 0.29) is 11.9 Å². The van der Waals surface area contributed by atoms with Crippen molar-refractivity contribution in [3.63, 3.8) is 0 Å². The number of hydrogen-bond donors (Lipinski definition) is 0. The molecule has 1 heterocycles. The second-order valence-electron chi connectivity index (χ2n) is 7.44. The Morgan fingerprint density at radius 3 is 1.93 bits per heavy atom. The molecule has 148 valence electrons. The van der Waals surface area contributed by atoms with Crippen LogP contribution in [0.25, 0.3) is 0 Å². The van der Waals surface area contributed by atoms with Gasteiger partial charge in [0.25, 0.3) is 0 Å². The van der Waals surface area contributed by atoms with Crippen molar-refractivity contribution in [3.8, 4) is 0 Å². The number of piperazine rings is 1. The highest BCUT2D eigenvalue weighted by Gasteiger charge is 2.28. The lowest BCUT2D eigenvalue weighted by molar-refractivity contribution is -0.132. The minimum Gasteiger partial charge on any atom is -0.340 e. The Kier molecular flexibility index (Phi) is 6.28. The van der Waals surface area contributed by atoms with Crippen molar-refractivity contribution in [2.45, 2.75) is 12.5 Å². The molecule has 1 fully saturated rings. The van der Waals surface area contributed by atoms with Gasteiger partial charge < -0.3 is 4.90 Å². The van der Waals surface area contributed by atoms with Crippen LogP contribution in [0, 0.1) is 0 Å². The molecule has 0 N–H and O–H groups in total. The van der Waals surface area contributed by atoms with Crippen molar-refractivity contribution in [1.82, 2.24) is 9.80 Å². The van der Waals surface area contributed by atoms with Crippen LogP contribution in [-0.4, -0.2) is 41.9 Å². The van der Waals surface area contributed by atoms with Gasteiger partial charge in [-0.3, -0.25) is 9.69 Å². The van der Waals surface area contributed by atoms with E-state index in [0.29, 0.717) is 6.42 Å². The first-order valence-electron chi connectivity index (χ1n) is 10.1. The summed E-state index contributed by atoms with van der Waals surface area (Å²) in [6.45, 7) is 3.20. The number of amides is 1. The average molecular weight is 405 g/mol. The first kappa shape index (κ1) is 19.7. The van der Waals surface area contributed by atoms with E-state index in [1.165, 1.54) is 11.1 Å². The number of benzene rings is 3.